The third-order valence-electron chi connectivity index (χ3n) is 3.28. The minimum Gasteiger partial charge on any atom is -0.480 e. The number of halogens is 1. The van der Waals surface area contributed by atoms with Crippen molar-refractivity contribution in [1.29, 1.82) is 0 Å². The number of carbonyl (C=O) groups is 2. The second-order valence-electron chi connectivity index (χ2n) is 4.85. The van der Waals surface area contributed by atoms with E-state index in [0.29, 0.717) is 12.1 Å². The van der Waals surface area contributed by atoms with Gasteiger partial charge >= 0.3 is 5.97 Å². The van der Waals surface area contributed by atoms with Crippen molar-refractivity contribution in [3.8, 4) is 0 Å². The van der Waals surface area contributed by atoms with Gasteiger partial charge in [-0.25, -0.2) is 0 Å². The van der Waals surface area contributed by atoms with Gasteiger partial charge in [-0.3, -0.25) is 14.9 Å². The van der Waals surface area contributed by atoms with E-state index in [4.69, 9.17) is 5.11 Å². The number of carboxylic acid groups (broad SMARTS) is 1. The Morgan fingerprint density at radius 2 is 2.05 bits per heavy atom. The Morgan fingerprint density at radius 3 is 2.55 bits per heavy atom. The molecule has 5 nitrogen and oxygen atoms in total. The second-order valence-corrected chi connectivity index (χ2v) is 5.77. The highest BCUT2D eigenvalue weighted by Gasteiger charge is 2.30. The lowest BCUT2D eigenvalue weighted by Crippen LogP contribution is -2.51. The first-order valence-electron chi connectivity index (χ1n) is 6.33. The van der Waals surface area contributed by atoms with Gasteiger partial charge in [-0.1, -0.05) is 22.9 Å². The molecule has 1 aromatic rings. The largest absolute Gasteiger partial charge is 0.480 e. The second kappa shape index (κ2) is 6.85. The van der Waals surface area contributed by atoms with Gasteiger partial charge in [-0.15, -0.1) is 0 Å². The van der Waals surface area contributed by atoms with Crippen molar-refractivity contribution in [1.82, 2.24) is 5.32 Å². The number of hydrogen-bond acceptors (Lipinski definition) is 3. The zero-order chi connectivity index (χ0) is 15.3. The average molecular weight is 343 g/mol. The van der Waals surface area contributed by atoms with Gasteiger partial charge in [-0.05, 0) is 44.0 Å². The van der Waals surface area contributed by atoms with E-state index in [-0.39, 0.29) is 12.5 Å². The first kappa shape index (κ1) is 16.7. The maximum Gasteiger partial charge on any atom is 0.323 e. The van der Waals surface area contributed by atoms with Crippen molar-refractivity contribution < 1.29 is 14.7 Å². The van der Waals surface area contributed by atoms with Crippen LogP contribution in [-0.2, 0) is 9.59 Å². The average Bonchev–Trinajstić information content (AvgIpc) is 2.39. The Labute approximate surface area is 126 Å². The minimum absolute atomic E-state index is 0.0495. The van der Waals surface area contributed by atoms with Crippen molar-refractivity contribution in [2.75, 3.05) is 11.9 Å². The number of anilines is 1. The molecule has 110 valence electrons. The molecular formula is C14H19BrN2O3. The van der Waals surface area contributed by atoms with Gasteiger partial charge in [0.1, 0.15) is 5.54 Å². The molecular weight excluding hydrogens is 324 g/mol. The van der Waals surface area contributed by atoms with Crippen molar-refractivity contribution in [3.63, 3.8) is 0 Å². The van der Waals surface area contributed by atoms with E-state index < -0.39 is 11.5 Å². The Kier molecular flexibility index (Phi) is 5.71. The number of rotatable bonds is 6. The summed E-state index contributed by atoms with van der Waals surface area (Å²) in [5, 5.41) is 14.6. The molecule has 0 aliphatic heterocycles. The van der Waals surface area contributed by atoms with E-state index in [1.807, 2.05) is 19.1 Å². The Hall–Kier alpha value is -1.40. The van der Waals surface area contributed by atoms with E-state index >= 15 is 0 Å². The van der Waals surface area contributed by atoms with E-state index in [2.05, 4.69) is 26.6 Å². The lowest BCUT2D eigenvalue weighted by Gasteiger charge is -2.24. The molecule has 1 amide bonds. The Bertz CT molecular complexity index is 519. The van der Waals surface area contributed by atoms with Crippen molar-refractivity contribution in [3.05, 3.63) is 28.2 Å². The summed E-state index contributed by atoms with van der Waals surface area (Å²) in [5.41, 5.74) is 0.560. The third-order valence-corrected chi connectivity index (χ3v) is 3.77. The quantitative estimate of drug-likeness (QED) is 0.742. The van der Waals surface area contributed by atoms with Crippen LogP contribution in [0, 0.1) is 6.92 Å². The van der Waals surface area contributed by atoms with Crippen LogP contribution >= 0.6 is 15.9 Å². The summed E-state index contributed by atoms with van der Waals surface area (Å²) in [6.07, 6.45) is 0.396. The number of aliphatic carboxylic acids is 1. The molecule has 0 aliphatic carbocycles. The predicted molar refractivity (Wildman–Crippen MR) is 81.8 cm³/mol. The van der Waals surface area contributed by atoms with Crippen LogP contribution in [-0.4, -0.2) is 29.1 Å². The number of hydrogen-bond donors (Lipinski definition) is 3. The summed E-state index contributed by atoms with van der Waals surface area (Å²) in [4.78, 5) is 23.0. The van der Waals surface area contributed by atoms with Crippen molar-refractivity contribution in [2.24, 2.45) is 0 Å². The van der Waals surface area contributed by atoms with E-state index in [9.17, 15) is 9.59 Å². The monoisotopic (exact) mass is 342 g/mol. The molecule has 1 aromatic carbocycles. The van der Waals surface area contributed by atoms with Crippen molar-refractivity contribution in [2.45, 2.75) is 32.7 Å². The SMILES string of the molecule is CCC(C)(NCC(=O)Nc1ccc(Br)cc1C)C(=O)O. The Balaban J connectivity index is 2.62. The summed E-state index contributed by atoms with van der Waals surface area (Å²) in [5.74, 6) is -1.23. The highest BCUT2D eigenvalue weighted by Crippen LogP contribution is 2.19. The number of nitrogens with one attached hydrogen (secondary N) is 2. The van der Waals surface area contributed by atoms with Crippen molar-refractivity contribution >= 4 is 33.5 Å². The molecule has 0 spiro atoms. The lowest BCUT2D eigenvalue weighted by atomic mass is 9.99. The first-order chi connectivity index (χ1) is 9.28. The van der Waals surface area contributed by atoms with Crippen LogP contribution in [0.1, 0.15) is 25.8 Å². The summed E-state index contributed by atoms with van der Waals surface area (Å²) < 4.78 is 0.940. The predicted octanol–water partition coefficient (Wildman–Crippen LogP) is 2.54. The number of carbonyl (C=O) groups excluding carboxylic acids is 1. The molecule has 0 saturated carbocycles. The van der Waals surface area contributed by atoms with Crippen LogP contribution in [0.5, 0.6) is 0 Å². The molecule has 0 bridgehead atoms. The molecule has 0 fully saturated rings. The number of benzene rings is 1. The summed E-state index contributed by atoms with van der Waals surface area (Å²) in [7, 11) is 0. The molecule has 0 aliphatic rings. The molecule has 3 N–H and O–H groups in total. The third kappa shape index (κ3) is 4.31. The molecule has 0 aromatic heterocycles. The standard InChI is InChI=1S/C14H19BrN2O3/c1-4-14(3,13(19)20)16-8-12(18)17-11-6-5-10(15)7-9(11)2/h5-7,16H,4,8H2,1-3H3,(H,17,18)(H,19,20). The molecule has 0 saturated heterocycles. The zero-order valence-electron chi connectivity index (χ0n) is 11.8. The van der Waals surface area contributed by atoms with Gasteiger partial charge in [0.2, 0.25) is 5.91 Å². The normalized spacial score (nSPS) is 13.6. The molecule has 1 unspecified atom stereocenters. The summed E-state index contributed by atoms with van der Waals surface area (Å²) in [6, 6.07) is 5.54. The van der Waals surface area contributed by atoms with E-state index in [1.165, 1.54) is 0 Å². The number of aryl methyl sites for hydroxylation is 1. The molecule has 6 heteroatoms. The van der Waals surface area contributed by atoms with Crippen LogP contribution in [0.15, 0.2) is 22.7 Å². The molecule has 1 rings (SSSR count). The van der Waals surface area contributed by atoms with Crippen LogP contribution < -0.4 is 10.6 Å². The van der Waals surface area contributed by atoms with Gasteiger partial charge in [0.25, 0.3) is 0 Å². The highest BCUT2D eigenvalue weighted by molar-refractivity contribution is 9.10. The smallest absolute Gasteiger partial charge is 0.323 e. The van der Waals surface area contributed by atoms with Gasteiger partial charge in [0.05, 0.1) is 6.54 Å². The van der Waals surface area contributed by atoms with Gasteiger partial charge in [0, 0.05) is 10.2 Å². The van der Waals surface area contributed by atoms with Crippen LogP contribution in [0.4, 0.5) is 5.69 Å². The fourth-order valence-corrected chi connectivity index (χ4v) is 2.06. The van der Waals surface area contributed by atoms with Gasteiger partial charge < -0.3 is 10.4 Å². The van der Waals surface area contributed by atoms with Crippen LogP contribution in [0.3, 0.4) is 0 Å². The molecule has 0 radical (unpaired) electrons. The Morgan fingerprint density at radius 1 is 1.40 bits per heavy atom. The first-order valence-corrected chi connectivity index (χ1v) is 7.12. The van der Waals surface area contributed by atoms with E-state index in [0.717, 1.165) is 10.0 Å². The molecule has 20 heavy (non-hydrogen) atoms. The molecule has 1 atom stereocenters. The zero-order valence-corrected chi connectivity index (χ0v) is 13.4. The maximum atomic E-state index is 11.9. The van der Waals surface area contributed by atoms with Gasteiger partial charge in [-0.2, -0.15) is 0 Å². The maximum absolute atomic E-state index is 11.9. The summed E-state index contributed by atoms with van der Waals surface area (Å²) in [6.45, 7) is 5.17. The highest BCUT2D eigenvalue weighted by atomic mass is 79.9. The number of amides is 1. The van der Waals surface area contributed by atoms with Gasteiger partial charge in [0.15, 0.2) is 0 Å². The topological polar surface area (TPSA) is 78.4 Å². The van der Waals surface area contributed by atoms with Crippen LogP contribution in [0.25, 0.3) is 0 Å². The molecule has 0 heterocycles. The number of carboxylic acids is 1. The minimum atomic E-state index is -1.09. The lowest BCUT2D eigenvalue weighted by molar-refractivity contribution is -0.144. The fourth-order valence-electron chi connectivity index (χ4n) is 1.59. The summed E-state index contributed by atoms with van der Waals surface area (Å²) >= 11 is 3.35. The van der Waals surface area contributed by atoms with Crippen LogP contribution in [0.2, 0.25) is 0 Å². The fraction of sp³-hybridized carbons (Fsp3) is 0.429. The van der Waals surface area contributed by atoms with E-state index in [1.54, 1.807) is 19.9 Å².